The zero-order chi connectivity index (χ0) is 36.6. The fourth-order valence-electron chi connectivity index (χ4n) is 8.61. The van der Waals surface area contributed by atoms with Crippen LogP contribution in [0, 0.1) is 0 Å². The van der Waals surface area contributed by atoms with Crippen LogP contribution in [0.5, 0.6) is 0 Å². The first-order valence-corrected chi connectivity index (χ1v) is 18.8. The van der Waals surface area contributed by atoms with Gasteiger partial charge in [-0.1, -0.05) is 179 Å². The summed E-state index contributed by atoms with van der Waals surface area (Å²) in [4.78, 5) is 14.8. The predicted octanol–water partition coefficient (Wildman–Crippen LogP) is 13.2. The second kappa shape index (κ2) is 12.0. The van der Waals surface area contributed by atoms with Crippen molar-refractivity contribution in [3.8, 4) is 56.4 Å². The maximum atomic E-state index is 4.95. The summed E-state index contributed by atoms with van der Waals surface area (Å²) in [6.07, 6.45) is 0. The molecule has 9 aromatic rings. The first-order valence-electron chi connectivity index (χ1n) is 18.8. The normalized spacial score (nSPS) is 14.2. The Bertz CT molecular complexity index is 2850. The second-order valence-corrected chi connectivity index (χ2v) is 15.7. The number of nitrogens with zero attached hydrogens (tertiary/aromatic N) is 3. The summed E-state index contributed by atoms with van der Waals surface area (Å²) in [5.41, 5.74) is 10.7. The number of aromatic nitrogens is 3. The van der Waals surface area contributed by atoms with Crippen molar-refractivity contribution in [2.45, 2.75) is 38.5 Å². The van der Waals surface area contributed by atoms with Gasteiger partial charge in [0, 0.05) is 16.7 Å². The summed E-state index contributed by atoms with van der Waals surface area (Å²) >= 11 is 0. The third kappa shape index (κ3) is 4.92. The Morgan fingerprint density at radius 1 is 0.333 bits per heavy atom. The Balaban J connectivity index is 1.11. The second-order valence-electron chi connectivity index (χ2n) is 15.7. The highest BCUT2D eigenvalue weighted by Crippen LogP contribution is 2.56. The highest BCUT2D eigenvalue weighted by Gasteiger charge is 2.46. The molecule has 0 amide bonds. The van der Waals surface area contributed by atoms with E-state index in [-0.39, 0.29) is 10.8 Å². The molecule has 0 fully saturated rings. The average molecular weight is 694 g/mol. The molecule has 8 aromatic carbocycles. The SMILES string of the molecule is CC1(C)c2cc3ccc4c(-c5ccc(-c6nc(-c7ccccc7)nc(-c7ccccc7)n6)cc5)cccc4c3cc2-c2c(ccc3ccccc23)C1(C)C. The van der Waals surface area contributed by atoms with E-state index in [1.165, 1.54) is 60.1 Å². The van der Waals surface area contributed by atoms with Crippen molar-refractivity contribution < 1.29 is 0 Å². The molecule has 1 aliphatic rings. The summed E-state index contributed by atoms with van der Waals surface area (Å²) in [5, 5.41) is 7.67. The fourth-order valence-corrected chi connectivity index (χ4v) is 8.61. The van der Waals surface area contributed by atoms with Gasteiger partial charge in [-0.25, -0.2) is 15.0 Å². The first kappa shape index (κ1) is 32.2. The van der Waals surface area contributed by atoms with E-state index in [1.54, 1.807) is 0 Å². The van der Waals surface area contributed by atoms with Crippen LogP contribution in [0.25, 0.3) is 88.7 Å². The van der Waals surface area contributed by atoms with Crippen molar-refractivity contribution in [3.63, 3.8) is 0 Å². The molecule has 1 aromatic heterocycles. The fraction of sp³-hybridized carbons (Fsp3) is 0.118. The van der Waals surface area contributed by atoms with Crippen LogP contribution in [-0.2, 0) is 10.8 Å². The lowest BCUT2D eigenvalue weighted by molar-refractivity contribution is 0.299. The van der Waals surface area contributed by atoms with Gasteiger partial charge in [0.25, 0.3) is 0 Å². The van der Waals surface area contributed by atoms with Crippen LogP contribution in [0.1, 0.15) is 38.8 Å². The van der Waals surface area contributed by atoms with Crippen molar-refractivity contribution in [3.05, 3.63) is 175 Å². The highest BCUT2D eigenvalue weighted by molar-refractivity contribution is 6.14. The predicted molar refractivity (Wildman–Crippen MR) is 226 cm³/mol. The smallest absolute Gasteiger partial charge is 0.164 e. The van der Waals surface area contributed by atoms with Gasteiger partial charge in [-0.3, -0.25) is 0 Å². The molecule has 0 saturated carbocycles. The lowest BCUT2D eigenvalue weighted by atomic mass is 9.55. The average Bonchev–Trinajstić information content (AvgIpc) is 3.22. The van der Waals surface area contributed by atoms with E-state index in [0.717, 1.165) is 22.3 Å². The van der Waals surface area contributed by atoms with Crippen molar-refractivity contribution in [2.75, 3.05) is 0 Å². The zero-order valence-corrected chi connectivity index (χ0v) is 30.9. The minimum Gasteiger partial charge on any atom is -0.208 e. The molecule has 0 saturated heterocycles. The van der Waals surface area contributed by atoms with Crippen molar-refractivity contribution >= 4 is 32.3 Å². The molecule has 0 unspecified atom stereocenters. The van der Waals surface area contributed by atoms with Crippen LogP contribution in [0.3, 0.4) is 0 Å². The van der Waals surface area contributed by atoms with Crippen LogP contribution in [-0.4, -0.2) is 15.0 Å². The zero-order valence-electron chi connectivity index (χ0n) is 30.9. The summed E-state index contributed by atoms with van der Waals surface area (Å²) in [6, 6.07) is 58.7. The number of rotatable bonds is 4. The van der Waals surface area contributed by atoms with E-state index in [4.69, 9.17) is 15.0 Å². The van der Waals surface area contributed by atoms with Crippen molar-refractivity contribution in [2.24, 2.45) is 0 Å². The van der Waals surface area contributed by atoms with Crippen LogP contribution in [0.4, 0.5) is 0 Å². The van der Waals surface area contributed by atoms with E-state index < -0.39 is 0 Å². The molecule has 0 aliphatic heterocycles. The van der Waals surface area contributed by atoms with Gasteiger partial charge in [0.2, 0.25) is 0 Å². The van der Waals surface area contributed by atoms with E-state index in [0.29, 0.717) is 17.5 Å². The van der Waals surface area contributed by atoms with Crippen LogP contribution in [0.2, 0.25) is 0 Å². The van der Waals surface area contributed by atoms with Crippen molar-refractivity contribution in [1.29, 1.82) is 0 Å². The number of hydrogen-bond acceptors (Lipinski definition) is 3. The van der Waals surface area contributed by atoms with E-state index in [1.807, 2.05) is 60.7 Å². The molecular weight excluding hydrogens is 655 g/mol. The lowest BCUT2D eigenvalue weighted by Gasteiger charge is -2.48. The Hall–Kier alpha value is -6.45. The van der Waals surface area contributed by atoms with E-state index in [9.17, 15) is 0 Å². The van der Waals surface area contributed by atoms with Gasteiger partial charge in [-0.2, -0.15) is 0 Å². The molecule has 0 bridgehead atoms. The molecular formula is C51H39N3. The Morgan fingerprint density at radius 3 is 1.54 bits per heavy atom. The number of fused-ring (bicyclic) bond motifs is 8. The molecule has 0 N–H and O–H groups in total. The molecule has 1 heterocycles. The minimum atomic E-state index is -0.0627. The third-order valence-electron chi connectivity index (χ3n) is 12.3. The molecule has 1 aliphatic carbocycles. The van der Waals surface area contributed by atoms with Gasteiger partial charge in [0.1, 0.15) is 0 Å². The van der Waals surface area contributed by atoms with Gasteiger partial charge >= 0.3 is 0 Å². The topological polar surface area (TPSA) is 38.7 Å². The molecule has 10 rings (SSSR count). The van der Waals surface area contributed by atoms with Crippen LogP contribution in [0.15, 0.2) is 164 Å². The van der Waals surface area contributed by atoms with Gasteiger partial charge in [0.05, 0.1) is 0 Å². The summed E-state index contributed by atoms with van der Waals surface area (Å²) in [6.45, 7) is 9.66. The van der Waals surface area contributed by atoms with Gasteiger partial charge in [-0.15, -0.1) is 0 Å². The quantitative estimate of drug-likeness (QED) is 0.172. The monoisotopic (exact) mass is 693 g/mol. The molecule has 54 heavy (non-hydrogen) atoms. The standard InChI is InChI=1S/C51H39N3/c1-50(2)44-29-27-32-14-11-12-19-39(32)46(44)43-31-42-37(30-45(43)51(50,3)4)26-28-41-38(20-13-21-40(41)42)33-22-24-36(25-23-33)49-53-47(34-15-7-5-8-16-34)52-48(54-49)35-17-9-6-10-18-35/h5-31H,1-4H3. The van der Waals surface area contributed by atoms with E-state index in [2.05, 4.69) is 131 Å². The Labute approximate surface area is 316 Å². The Morgan fingerprint density at radius 2 is 0.870 bits per heavy atom. The largest absolute Gasteiger partial charge is 0.208 e. The first-order chi connectivity index (χ1) is 26.3. The molecule has 0 radical (unpaired) electrons. The molecule has 0 atom stereocenters. The van der Waals surface area contributed by atoms with Crippen LogP contribution >= 0.6 is 0 Å². The number of benzene rings is 8. The molecule has 0 spiro atoms. The summed E-state index contributed by atoms with van der Waals surface area (Å²) < 4.78 is 0. The highest BCUT2D eigenvalue weighted by atomic mass is 15.0. The van der Waals surface area contributed by atoms with Crippen LogP contribution < -0.4 is 0 Å². The van der Waals surface area contributed by atoms with Gasteiger partial charge in [-0.05, 0) is 88.7 Å². The maximum absolute atomic E-state index is 4.95. The molecule has 258 valence electrons. The van der Waals surface area contributed by atoms with Gasteiger partial charge in [0.15, 0.2) is 17.5 Å². The summed E-state index contributed by atoms with van der Waals surface area (Å²) in [5.74, 6) is 1.98. The summed E-state index contributed by atoms with van der Waals surface area (Å²) in [7, 11) is 0. The molecule has 3 heteroatoms. The number of hydrogen-bond donors (Lipinski definition) is 0. The lowest BCUT2D eigenvalue weighted by Crippen LogP contribution is -2.43. The maximum Gasteiger partial charge on any atom is 0.164 e. The minimum absolute atomic E-state index is 0.0449. The van der Waals surface area contributed by atoms with E-state index >= 15 is 0 Å². The van der Waals surface area contributed by atoms with Crippen molar-refractivity contribution in [1.82, 2.24) is 15.0 Å². The third-order valence-corrected chi connectivity index (χ3v) is 12.3. The van der Waals surface area contributed by atoms with Gasteiger partial charge < -0.3 is 0 Å². The Kier molecular flexibility index (Phi) is 7.19. The molecule has 3 nitrogen and oxygen atoms in total.